The fourth-order valence-electron chi connectivity index (χ4n) is 3.16. The van der Waals surface area contributed by atoms with Crippen molar-refractivity contribution in [3.63, 3.8) is 0 Å². The highest BCUT2D eigenvalue weighted by molar-refractivity contribution is 5.95. The van der Waals surface area contributed by atoms with Crippen LogP contribution < -0.4 is 9.64 Å². The van der Waals surface area contributed by atoms with Crippen molar-refractivity contribution in [2.45, 2.75) is 19.9 Å². The van der Waals surface area contributed by atoms with Crippen LogP contribution in [0.4, 0.5) is 5.69 Å². The van der Waals surface area contributed by atoms with E-state index in [2.05, 4.69) is 0 Å². The molecular formula is C25H25NO4. The van der Waals surface area contributed by atoms with E-state index in [1.54, 1.807) is 11.0 Å². The van der Waals surface area contributed by atoms with E-state index < -0.39 is 5.97 Å². The van der Waals surface area contributed by atoms with Gasteiger partial charge in [0.2, 0.25) is 0 Å². The first-order valence-electron chi connectivity index (χ1n) is 9.86. The molecule has 0 fully saturated rings. The molecule has 3 aromatic carbocycles. The van der Waals surface area contributed by atoms with Gasteiger partial charge >= 0.3 is 5.97 Å². The zero-order valence-electron chi connectivity index (χ0n) is 17.2. The number of nitrogens with zero attached hydrogens (tertiary/aromatic N) is 1. The Bertz CT molecular complexity index is 971. The number of esters is 1. The van der Waals surface area contributed by atoms with Gasteiger partial charge in [-0.15, -0.1) is 0 Å². The summed E-state index contributed by atoms with van der Waals surface area (Å²) in [5.74, 6) is -0.294. The van der Waals surface area contributed by atoms with Crippen molar-refractivity contribution in [1.29, 1.82) is 0 Å². The average molecular weight is 403 g/mol. The summed E-state index contributed by atoms with van der Waals surface area (Å²) in [6.07, 6.45) is 0. The van der Waals surface area contributed by atoms with Crippen molar-refractivity contribution in [2.75, 3.05) is 18.1 Å². The summed E-state index contributed by atoms with van der Waals surface area (Å²) < 4.78 is 10.8. The first-order valence-corrected chi connectivity index (χ1v) is 9.86. The maximum Gasteiger partial charge on any atom is 0.344 e. The lowest BCUT2D eigenvalue weighted by molar-refractivity contribution is -0.149. The lowest BCUT2D eigenvalue weighted by Crippen LogP contribution is -2.40. The number of carbonyl (C=O) groups excluding carboxylic acids is 2. The second kappa shape index (κ2) is 10.3. The maximum atomic E-state index is 12.6. The number of ether oxygens (including phenoxy) is 2. The molecule has 30 heavy (non-hydrogen) atoms. The van der Waals surface area contributed by atoms with Crippen LogP contribution in [-0.2, 0) is 14.3 Å². The molecule has 3 rings (SSSR count). The van der Waals surface area contributed by atoms with E-state index in [4.69, 9.17) is 9.47 Å². The Morgan fingerprint density at radius 3 is 2.07 bits per heavy atom. The number of hydrogen-bond acceptors (Lipinski definition) is 4. The van der Waals surface area contributed by atoms with Crippen molar-refractivity contribution in [2.24, 2.45) is 0 Å². The van der Waals surface area contributed by atoms with Gasteiger partial charge in [-0.2, -0.15) is 0 Å². The fourth-order valence-corrected chi connectivity index (χ4v) is 3.16. The van der Waals surface area contributed by atoms with Crippen LogP contribution in [0.25, 0.3) is 11.1 Å². The summed E-state index contributed by atoms with van der Waals surface area (Å²) in [5.41, 5.74) is 2.64. The van der Waals surface area contributed by atoms with Crippen LogP contribution in [-0.4, -0.2) is 31.1 Å². The molecule has 5 heteroatoms. The van der Waals surface area contributed by atoms with Gasteiger partial charge in [-0.3, -0.25) is 4.79 Å². The van der Waals surface area contributed by atoms with Gasteiger partial charge in [0.05, 0.1) is 0 Å². The smallest absolute Gasteiger partial charge is 0.344 e. The number of amides is 1. The van der Waals surface area contributed by atoms with Crippen molar-refractivity contribution < 1.29 is 19.1 Å². The van der Waals surface area contributed by atoms with E-state index in [0.29, 0.717) is 5.75 Å². The summed E-state index contributed by atoms with van der Waals surface area (Å²) >= 11 is 0. The van der Waals surface area contributed by atoms with Crippen molar-refractivity contribution in [1.82, 2.24) is 0 Å². The largest absolute Gasteiger partial charge is 0.481 e. The predicted molar refractivity (Wildman–Crippen MR) is 117 cm³/mol. The molecule has 3 aromatic rings. The zero-order chi connectivity index (χ0) is 21.3. The van der Waals surface area contributed by atoms with E-state index in [9.17, 15) is 9.59 Å². The molecule has 0 radical (unpaired) electrons. The normalized spacial score (nSPS) is 10.5. The molecule has 0 saturated carbocycles. The molecular weight excluding hydrogens is 378 g/mol. The minimum Gasteiger partial charge on any atom is -0.481 e. The average Bonchev–Trinajstić information content (AvgIpc) is 2.77. The van der Waals surface area contributed by atoms with Gasteiger partial charge in [-0.05, 0) is 37.6 Å². The first-order chi connectivity index (χ1) is 14.6. The van der Waals surface area contributed by atoms with Crippen LogP contribution >= 0.6 is 0 Å². The van der Waals surface area contributed by atoms with Crippen molar-refractivity contribution in [3.05, 3.63) is 84.9 Å². The van der Waals surface area contributed by atoms with E-state index in [1.165, 1.54) is 0 Å². The van der Waals surface area contributed by atoms with Crippen LogP contribution in [0.1, 0.15) is 13.8 Å². The number of carbonyl (C=O) groups is 2. The monoisotopic (exact) mass is 403 g/mol. The Hall–Kier alpha value is -3.60. The van der Waals surface area contributed by atoms with Crippen LogP contribution in [0.15, 0.2) is 84.9 Å². The Kier molecular flexibility index (Phi) is 7.22. The number of para-hydroxylation sites is 2. The second-order valence-electron chi connectivity index (χ2n) is 7.00. The molecule has 0 atom stereocenters. The van der Waals surface area contributed by atoms with Crippen LogP contribution in [0.2, 0.25) is 0 Å². The fraction of sp³-hybridized carbons (Fsp3) is 0.200. The lowest BCUT2D eigenvalue weighted by Gasteiger charge is -2.26. The van der Waals surface area contributed by atoms with Gasteiger partial charge in [-0.25, -0.2) is 4.79 Å². The summed E-state index contributed by atoms with van der Waals surface area (Å²) in [6, 6.07) is 26.5. The highest BCUT2D eigenvalue weighted by Gasteiger charge is 2.20. The van der Waals surface area contributed by atoms with E-state index in [1.807, 2.05) is 92.7 Å². The number of benzene rings is 3. The molecule has 0 N–H and O–H groups in total. The second-order valence-corrected chi connectivity index (χ2v) is 7.00. The van der Waals surface area contributed by atoms with E-state index >= 15 is 0 Å². The summed E-state index contributed by atoms with van der Waals surface area (Å²) in [4.78, 5) is 26.4. The minimum absolute atomic E-state index is 0.0624. The Labute approximate surface area is 176 Å². The van der Waals surface area contributed by atoms with E-state index in [-0.39, 0.29) is 25.2 Å². The summed E-state index contributed by atoms with van der Waals surface area (Å²) in [5, 5.41) is 0. The molecule has 154 valence electrons. The standard InChI is InChI=1S/C25H25NO4/c1-19(2)26(21-13-7-4-8-14-21)24(27)17-30-25(28)18-29-23-16-10-9-15-22(23)20-11-5-3-6-12-20/h3-16,19H,17-18H2,1-2H3. The van der Waals surface area contributed by atoms with Crippen LogP contribution in [0.3, 0.4) is 0 Å². The van der Waals surface area contributed by atoms with Crippen LogP contribution in [0, 0.1) is 0 Å². The topological polar surface area (TPSA) is 55.8 Å². The van der Waals surface area contributed by atoms with Gasteiger partial charge in [0.25, 0.3) is 5.91 Å². The molecule has 0 saturated heterocycles. The summed E-state index contributed by atoms with van der Waals surface area (Å²) in [7, 11) is 0. The van der Waals surface area contributed by atoms with Gasteiger partial charge in [-0.1, -0.05) is 66.7 Å². The first kappa shape index (κ1) is 21.1. The van der Waals surface area contributed by atoms with Gasteiger partial charge in [0, 0.05) is 17.3 Å². The molecule has 1 amide bonds. The minimum atomic E-state index is -0.594. The number of hydrogen-bond donors (Lipinski definition) is 0. The summed E-state index contributed by atoms with van der Waals surface area (Å²) in [6.45, 7) is 3.21. The molecule has 0 spiro atoms. The van der Waals surface area contributed by atoms with Gasteiger partial charge < -0.3 is 14.4 Å². The third-order valence-electron chi connectivity index (χ3n) is 4.49. The number of anilines is 1. The Morgan fingerprint density at radius 1 is 0.800 bits per heavy atom. The molecule has 0 aliphatic carbocycles. The quantitative estimate of drug-likeness (QED) is 0.511. The molecule has 0 aromatic heterocycles. The highest BCUT2D eigenvalue weighted by atomic mass is 16.6. The molecule has 5 nitrogen and oxygen atoms in total. The molecule has 0 heterocycles. The zero-order valence-corrected chi connectivity index (χ0v) is 17.2. The molecule has 0 aliphatic rings. The molecule has 0 aliphatic heterocycles. The Morgan fingerprint density at radius 2 is 1.40 bits per heavy atom. The lowest BCUT2D eigenvalue weighted by atomic mass is 10.1. The highest BCUT2D eigenvalue weighted by Crippen LogP contribution is 2.29. The maximum absolute atomic E-state index is 12.6. The third-order valence-corrected chi connectivity index (χ3v) is 4.49. The van der Waals surface area contributed by atoms with Crippen LogP contribution in [0.5, 0.6) is 5.75 Å². The van der Waals surface area contributed by atoms with E-state index in [0.717, 1.165) is 16.8 Å². The van der Waals surface area contributed by atoms with Crippen molar-refractivity contribution in [3.8, 4) is 16.9 Å². The number of rotatable bonds is 8. The molecule has 0 bridgehead atoms. The van der Waals surface area contributed by atoms with Gasteiger partial charge in [0.15, 0.2) is 13.2 Å². The SMILES string of the molecule is CC(C)N(C(=O)COC(=O)COc1ccccc1-c1ccccc1)c1ccccc1. The third kappa shape index (κ3) is 5.47. The predicted octanol–water partition coefficient (Wildman–Crippen LogP) is 4.72. The van der Waals surface area contributed by atoms with Crippen molar-refractivity contribution >= 4 is 17.6 Å². The Balaban J connectivity index is 1.57. The van der Waals surface area contributed by atoms with Gasteiger partial charge in [0.1, 0.15) is 5.75 Å². The molecule has 0 unspecified atom stereocenters.